The van der Waals surface area contributed by atoms with Gasteiger partial charge in [0.25, 0.3) is 0 Å². The second kappa shape index (κ2) is 10.3. The maximum Gasteiger partial charge on any atom is 0.303 e. The Balaban J connectivity index is 1.80. The number of carboxylic acids is 1. The summed E-state index contributed by atoms with van der Waals surface area (Å²) in [5.74, 6) is 1.36. The van der Waals surface area contributed by atoms with Gasteiger partial charge in [0.1, 0.15) is 0 Å². The van der Waals surface area contributed by atoms with Gasteiger partial charge < -0.3 is 5.11 Å². The Morgan fingerprint density at radius 1 is 0.895 bits per heavy atom. The first kappa shape index (κ1) is 16.5. The summed E-state index contributed by atoms with van der Waals surface area (Å²) < 4.78 is 0. The average Bonchev–Trinajstić information content (AvgIpc) is 3.11. The number of aliphatic carboxylic acids is 1. The molecule has 1 aliphatic rings. The molecule has 0 aromatic heterocycles. The van der Waals surface area contributed by atoms with E-state index in [1.807, 2.05) is 0 Å². The van der Waals surface area contributed by atoms with Gasteiger partial charge in [-0.2, -0.15) is 0 Å². The molecule has 1 rings (SSSR count). The fourth-order valence-electron chi connectivity index (χ4n) is 3.06. The molecular formula is C17H32O2. The molecule has 2 nitrogen and oxygen atoms in total. The highest BCUT2D eigenvalue weighted by molar-refractivity contribution is 5.66. The molecule has 0 spiro atoms. The van der Waals surface area contributed by atoms with E-state index in [4.69, 9.17) is 5.11 Å². The maximum atomic E-state index is 10.4. The van der Waals surface area contributed by atoms with Crippen molar-refractivity contribution >= 4 is 5.97 Å². The Morgan fingerprint density at radius 3 is 2.00 bits per heavy atom. The second-order valence-corrected chi connectivity index (χ2v) is 6.31. The lowest BCUT2D eigenvalue weighted by Crippen LogP contribution is -1.93. The van der Waals surface area contributed by atoms with Gasteiger partial charge in [-0.05, 0) is 24.7 Å². The topological polar surface area (TPSA) is 37.3 Å². The number of unbranched alkanes of at least 4 members (excludes halogenated alkanes) is 7. The van der Waals surface area contributed by atoms with Crippen molar-refractivity contribution < 1.29 is 9.90 Å². The van der Waals surface area contributed by atoms with Crippen LogP contribution in [0.4, 0.5) is 0 Å². The molecule has 19 heavy (non-hydrogen) atoms. The van der Waals surface area contributed by atoms with Gasteiger partial charge in [0.2, 0.25) is 0 Å². The second-order valence-electron chi connectivity index (χ2n) is 6.31. The van der Waals surface area contributed by atoms with Crippen LogP contribution < -0.4 is 0 Å². The third-order valence-corrected chi connectivity index (χ3v) is 4.46. The van der Waals surface area contributed by atoms with Gasteiger partial charge in [-0.25, -0.2) is 0 Å². The largest absolute Gasteiger partial charge is 0.481 e. The zero-order valence-corrected chi connectivity index (χ0v) is 12.7. The van der Waals surface area contributed by atoms with Crippen LogP contribution in [-0.2, 0) is 4.79 Å². The highest BCUT2D eigenvalue weighted by Crippen LogP contribution is 2.45. The molecule has 112 valence electrons. The van der Waals surface area contributed by atoms with Gasteiger partial charge in [0.05, 0.1) is 0 Å². The lowest BCUT2D eigenvalue weighted by molar-refractivity contribution is -0.137. The van der Waals surface area contributed by atoms with Crippen LogP contribution in [0.25, 0.3) is 0 Å². The molecule has 0 amide bonds. The van der Waals surface area contributed by atoms with Gasteiger partial charge in [0.15, 0.2) is 0 Å². The quantitative estimate of drug-likeness (QED) is 0.453. The van der Waals surface area contributed by atoms with Crippen LogP contribution in [0.5, 0.6) is 0 Å². The molecule has 0 heterocycles. The predicted octanol–water partition coefficient (Wildman–Crippen LogP) is 5.41. The van der Waals surface area contributed by atoms with Crippen LogP contribution >= 0.6 is 0 Å². The van der Waals surface area contributed by atoms with E-state index in [-0.39, 0.29) is 0 Å². The molecule has 2 atom stereocenters. The zero-order valence-electron chi connectivity index (χ0n) is 12.7. The summed E-state index contributed by atoms with van der Waals surface area (Å²) in [6, 6.07) is 0. The highest BCUT2D eigenvalue weighted by Gasteiger charge is 2.34. The van der Waals surface area contributed by atoms with Crippen LogP contribution in [0.2, 0.25) is 0 Å². The van der Waals surface area contributed by atoms with Crippen molar-refractivity contribution in [2.45, 2.75) is 90.4 Å². The molecule has 0 radical (unpaired) electrons. The van der Waals surface area contributed by atoms with Crippen molar-refractivity contribution in [1.82, 2.24) is 0 Å². The van der Waals surface area contributed by atoms with E-state index in [9.17, 15) is 4.79 Å². The summed E-state index contributed by atoms with van der Waals surface area (Å²) in [7, 11) is 0. The minimum absolute atomic E-state index is 0.353. The van der Waals surface area contributed by atoms with Crippen molar-refractivity contribution in [2.24, 2.45) is 11.8 Å². The Morgan fingerprint density at radius 2 is 1.42 bits per heavy atom. The first-order valence-corrected chi connectivity index (χ1v) is 8.45. The van der Waals surface area contributed by atoms with Crippen molar-refractivity contribution in [3.63, 3.8) is 0 Å². The standard InChI is InChI=1S/C17H32O2/c1-2-3-4-5-6-8-11-15-14-16(15)12-9-7-10-13-17(18)19/h15-16H,2-14H2,1H3,(H,18,19)/t15-,16+/m0/s1. The lowest BCUT2D eigenvalue weighted by Gasteiger charge is -2.02. The summed E-state index contributed by atoms with van der Waals surface area (Å²) in [6.45, 7) is 2.27. The van der Waals surface area contributed by atoms with Gasteiger partial charge >= 0.3 is 5.97 Å². The number of hydrogen-bond donors (Lipinski definition) is 1. The van der Waals surface area contributed by atoms with E-state index in [1.54, 1.807) is 0 Å². The summed E-state index contributed by atoms with van der Waals surface area (Å²) in [5.41, 5.74) is 0. The predicted molar refractivity (Wildman–Crippen MR) is 80.3 cm³/mol. The summed E-state index contributed by atoms with van der Waals surface area (Å²) >= 11 is 0. The van der Waals surface area contributed by atoms with E-state index >= 15 is 0 Å². The maximum absolute atomic E-state index is 10.4. The number of carbonyl (C=O) groups is 1. The minimum Gasteiger partial charge on any atom is -0.481 e. The molecule has 1 saturated carbocycles. The summed E-state index contributed by atoms with van der Waals surface area (Å²) in [5, 5.41) is 8.55. The van der Waals surface area contributed by atoms with E-state index < -0.39 is 5.97 Å². The molecule has 1 aliphatic carbocycles. The van der Waals surface area contributed by atoms with E-state index in [0.29, 0.717) is 6.42 Å². The van der Waals surface area contributed by atoms with Crippen LogP contribution in [0.1, 0.15) is 90.4 Å². The van der Waals surface area contributed by atoms with Crippen molar-refractivity contribution in [1.29, 1.82) is 0 Å². The van der Waals surface area contributed by atoms with E-state index in [0.717, 1.165) is 24.7 Å². The van der Waals surface area contributed by atoms with Gasteiger partial charge in [-0.1, -0.05) is 71.1 Å². The Bertz CT molecular complexity index is 237. The molecule has 1 fully saturated rings. The molecule has 2 heteroatoms. The first-order valence-electron chi connectivity index (χ1n) is 8.45. The first-order chi connectivity index (χ1) is 9.24. The van der Waals surface area contributed by atoms with Gasteiger partial charge in [-0.15, -0.1) is 0 Å². The fourth-order valence-corrected chi connectivity index (χ4v) is 3.06. The third-order valence-electron chi connectivity index (χ3n) is 4.46. The van der Waals surface area contributed by atoms with Crippen molar-refractivity contribution in [3.05, 3.63) is 0 Å². The number of rotatable bonds is 13. The number of hydrogen-bond acceptors (Lipinski definition) is 1. The van der Waals surface area contributed by atoms with Crippen molar-refractivity contribution in [3.8, 4) is 0 Å². The van der Waals surface area contributed by atoms with Crippen LogP contribution in [-0.4, -0.2) is 11.1 Å². The zero-order chi connectivity index (χ0) is 13.9. The number of carboxylic acid groups (broad SMARTS) is 1. The monoisotopic (exact) mass is 268 g/mol. The van der Waals surface area contributed by atoms with E-state index in [2.05, 4.69) is 6.92 Å². The van der Waals surface area contributed by atoms with Gasteiger partial charge in [-0.3, -0.25) is 4.79 Å². The molecule has 0 aromatic rings. The van der Waals surface area contributed by atoms with Crippen LogP contribution in [0, 0.1) is 11.8 Å². The highest BCUT2D eigenvalue weighted by atomic mass is 16.4. The minimum atomic E-state index is -0.646. The molecule has 0 aliphatic heterocycles. The molecule has 0 saturated heterocycles. The lowest BCUT2D eigenvalue weighted by atomic mass is 10.0. The molecule has 0 bridgehead atoms. The molecule has 0 aromatic carbocycles. The Kier molecular flexibility index (Phi) is 8.94. The molecule has 0 unspecified atom stereocenters. The van der Waals surface area contributed by atoms with Crippen LogP contribution in [0.15, 0.2) is 0 Å². The average molecular weight is 268 g/mol. The molecule has 1 N–H and O–H groups in total. The normalized spacial score (nSPS) is 21.5. The summed E-state index contributed by atoms with van der Waals surface area (Å²) in [4.78, 5) is 10.4. The SMILES string of the molecule is CCCCCCCC[C@H]1C[C@H]1CCCCCC(=O)O. The van der Waals surface area contributed by atoms with Crippen molar-refractivity contribution in [2.75, 3.05) is 0 Å². The third kappa shape index (κ3) is 9.07. The molecular weight excluding hydrogens is 236 g/mol. The fraction of sp³-hybridized carbons (Fsp3) is 0.941. The smallest absolute Gasteiger partial charge is 0.303 e. The summed E-state index contributed by atoms with van der Waals surface area (Å²) in [6.07, 6.45) is 16.3. The van der Waals surface area contributed by atoms with Crippen LogP contribution in [0.3, 0.4) is 0 Å². The van der Waals surface area contributed by atoms with Gasteiger partial charge in [0, 0.05) is 6.42 Å². The van der Waals surface area contributed by atoms with E-state index in [1.165, 1.54) is 64.2 Å². The Labute approximate surface area is 119 Å². The Hall–Kier alpha value is -0.530.